The zero-order valence-electron chi connectivity index (χ0n) is 14.8. The quantitative estimate of drug-likeness (QED) is 0.768. The molecular weight excluding hydrogens is 270 g/mol. The largest absolute Gasteiger partial charge is 0.391 e. The molecule has 0 aromatic carbocycles. The molecule has 4 aliphatic rings. The molecule has 2 N–H and O–H groups in total. The van der Waals surface area contributed by atoms with Crippen molar-refractivity contribution in [2.75, 3.05) is 7.05 Å². The van der Waals surface area contributed by atoms with Crippen molar-refractivity contribution < 1.29 is 5.11 Å². The van der Waals surface area contributed by atoms with Gasteiger partial charge in [0.1, 0.15) is 0 Å². The Labute approximate surface area is 136 Å². The normalized spacial score (nSPS) is 57.8. The van der Waals surface area contributed by atoms with Gasteiger partial charge in [-0.25, -0.2) is 0 Å². The van der Waals surface area contributed by atoms with Gasteiger partial charge in [0.05, 0.1) is 6.10 Å². The molecule has 0 aromatic heterocycles. The second-order valence-corrected chi connectivity index (χ2v) is 9.64. The van der Waals surface area contributed by atoms with E-state index in [9.17, 15) is 5.11 Å². The van der Waals surface area contributed by atoms with E-state index >= 15 is 0 Å². The first-order chi connectivity index (χ1) is 10.5. The van der Waals surface area contributed by atoms with Gasteiger partial charge in [-0.2, -0.15) is 0 Å². The molecule has 4 fully saturated rings. The van der Waals surface area contributed by atoms with Crippen LogP contribution in [-0.4, -0.2) is 24.3 Å². The van der Waals surface area contributed by atoms with E-state index in [4.69, 9.17) is 0 Å². The molecular formula is C20H35NO. The highest BCUT2D eigenvalue weighted by molar-refractivity contribution is 5.09. The average molecular weight is 306 g/mol. The summed E-state index contributed by atoms with van der Waals surface area (Å²) in [6, 6.07) is 0.317. The lowest BCUT2D eigenvalue weighted by atomic mass is 9.45. The Balaban J connectivity index is 1.62. The summed E-state index contributed by atoms with van der Waals surface area (Å²) in [5.74, 6) is 3.67. The summed E-state index contributed by atoms with van der Waals surface area (Å²) in [6.07, 6.45) is 12.3. The van der Waals surface area contributed by atoms with Crippen LogP contribution in [0.1, 0.15) is 71.6 Å². The van der Waals surface area contributed by atoms with Crippen molar-refractivity contribution in [2.45, 2.75) is 83.8 Å². The predicted molar refractivity (Wildman–Crippen MR) is 90.6 cm³/mol. The molecule has 4 aliphatic carbocycles. The van der Waals surface area contributed by atoms with Crippen molar-refractivity contribution in [2.24, 2.45) is 34.5 Å². The van der Waals surface area contributed by atoms with Crippen molar-refractivity contribution in [3.63, 3.8) is 0 Å². The number of aliphatic hydroxyl groups excluding tert-OH is 1. The fourth-order valence-corrected chi connectivity index (χ4v) is 7.59. The molecule has 0 heterocycles. The minimum Gasteiger partial charge on any atom is -0.391 e. The van der Waals surface area contributed by atoms with E-state index in [0.29, 0.717) is 16.9 Å². The van der Waals surface area contributed by atoms with Crippen LogP contribution < -0.4 is 5.32 Å². The van der Waals surface area contributed by atoms with Gasteiger partial charge in [0.15, 0.2) is 0 Å². The van der Waals surface area contributed by atoms with Gasteiger partial charge in [-0.1, -0.05) is 20.3 Å². The summed E-state index contributed by atoms with van der Waals surface area (Å²) < 4.78 is 0. The number of rotatable bonds is 1. The summed E-state index contributed by atoms with van der Waals surface area (Å²) in [6.45, 7) is 5.18. The molecule has 4 saturated carbocycles. The van der Waals surface area contributed by atoms with Gasteiger partial charge >= 0.3 is 0 Å². The highest BCUT2D eigenvalue weighted by atomic mass is 16.3. The first-order valence-electron chi connectivity index (χ1n) is 9.83. The highest BCUT2D eigenvalue weighted by Crippen LogP contribution is 2.66. The third-order valence-electron chi connectivity index (χ3n) is 8.87. The molecule has 0 amide bonds. The number of nitrogens with one attached hydrogen (secondary N) is 1. The molecule has 4 rings (SSSR count). The molecule has 22 heavy (non-hydrogen) atoms. The Hall–Kier alpha value is -0.0800. The molecule has 0 aliphatic heterocycles. The van der Waals surface area contributed by atoms with Gasteiger partial charge in [-0.3, -0.25) is 0 Å². The van der Waals surface area contributed by atoms with Crippen molar-refractivity contribution in [1.29, 1.82) is 0 Å². The summed E-state index contributed by atoms with van der Waals surface area (Å²) in [5.41, 5.74) is 1.14. The molecule has 0 bridgehead atoms. The van der Waals surface area contributed by atoms with Crippen LogP contribution in [0.4, 0.5) is 0 Å². The maximum Gasteiger partial charge on any atom is 0.0696 e. The summed E-state index contributed by atoms with van der Waals surface area (Å²) >= 11 is 0. The first-order valence-corrected chi connectivity index (χ1v) is 9.83. The lowest BCUT2D eigenvalue weighted by molar-refractivity contribution is -0.129. The molecule has 2 nitrogen and oxygen atoms in total. The monoisotopic (exact) mass is 305 g/mol. The smallest absolute Gasteiger partial charge is 0.0696 e. The Morgan fingerprint density at radius 3 is 2.59 bits per heavy atom. The van der Waals surface area contributed by atoms with Crippen LogP contribution in [0.5, 0.6) is 0 Å². The molecule has 0 unspecified atom stereocenters. The van der Waals surface area contributed by atoms with E-state index in [1.165, 1.54) is 51.4 Å². The van der Waals surface area contributed by atoms with Crippen LogP contribution in [0.15, 0.2) is 0 Å². The van der Waals surface area contributed by atoms with E-state index in [-0.39, 0.29) is 6.10 Å². The van der Waals surface area contributed by atoms with Gasteiger partial charge in [0, 0.05) is 6.04 Å². The molecule has 2 heteroatoms. The Morgan fingerprint density at radius 2 is 1.82 bits per heavy atom. The maximum atomic E-state index is 10.4. The minimum atomic E-state index is -0.125. The molecule has 0 aromatic rings. The van der Waals surface area contributed by atoms with Crippen LogP contribution in [-0.2, 0) is 0 Å². The molecule has 0 saturated heterocycles. The topological polar surface area (TPSA) is 32.3 Å². The van der Waals surface area contributed by atoms with Crippen molar-refractivity contribution in [3.8, 4) is 0 Å². The van der Waals surface area contributed by atoms with E-state index in [1.54, 1.807) is 0 Å². The zero-order chi connectivity index (χ0) is 15.5. The first kappa shape index (κ1) is 15.4. The van der Waals surface area contributed by atoms with E-state index in [2.05, 4.69) is 19.2 Å². The number of aliphatic hydroxyl groups is 1. The van der Waals surface area contributed by atoms with Crippen LogP contribution in [0.25, 0.3) is 0 Å². The molecule has 126 valence electrons. The highest BCUT2D eigenvalue weighted by Gasteiger charge is 2.58. The third kappa shape index (κ3) is 2.05. The second-order valence-electron chi connectivity index (χ2n) is 9.64. The average Bonchev–Trinajstić information content (AvgIpc) is 2.89. The Morgan fingerprint density at radius 1 is 1.00 bits per heavy atom. The van der Waals surface area contributed by atoms with E-state index in [0.717, 1.165) is 30.1 Å². The van der Waals surface area contributed by atoms with Crippen molar-refractivity contribution in [3.05, 3.63) is 0 Å². The maximum absolute atomic E-state index is 10.4. The summed E-state index contributed by atoms with van der Waals surface area (Å²) in [4.78, 5) is 0. The minimum absolute atomic E-state index is 0.125. The molecule has 0 spiro atoms. The Kier molecular flexibility index (Phi) is 3.66. The van der Waals surface area contributed by atoms with Crippen LogP contribution in [0, 0.1) is 34.5 Å². The summed E-state index contributed by atoms with van der Waals surface area (Å²) in [7, 11) is 2.03. The third-order valence-corrected chi connectivity index (χ3v) is 8.87. The van der Waals surface area contributed by atoms with Crippen molar-refractivity contribution in [1.82, 2.24) is 5.32 Å². The SMILES string of the molecule is CN[C@@H]1C[C@@]2(C)[C@@H](CC[C@H]3[C@@H]4CCC[C@@]4(C)CC[C@@H]32)C[C@H]1O. The number of hydrogen-bond donors (Lipinski definition) is 2. The van der Waals surface area contributed by atoms with Gasteiger partial charge in [-0.15, -0.1) is 0 Å². The number of likely N-dealkylation sites (N-methyl/N-ethyl adjacent to an activating group) is 1. The van der Waals surface area contributed by atoms with Crippen LogP contribution >= 0.6 is 0 Å². The molecule has 8 atom stereocenters. The van der Waals surface area contributed by atoms with Crippen molar-refractivity contribution >= 4 is 0 Å². The zero-order valence-corrected chi connectivity index (χ0v) is 14.8. The number of hydrogen-bond acceptors (Lipinski definition) is 2. The lowest BCUT2D eigenvalue weighted by Gasteiger charge is -2.61. The number of fused-ring (bicyclic) bond motifs is 5. The fraction of sp³-hybridized carbons (Fsp3) is 1.00. The summed E-state index contributed by atoms with van der Waals surface area (Å²) in [5, 5.41) is 13.9. The predicted octanol–water partition coefficient (Wildman–Crippen LogP) is 3.98. The van der Waals surface area contributed by atoms with Gasteiger partial charge in [0.2, 0.25) is 0 Å². The van der Waals surface area contributed by atoms with E-state index < -0.39 is 0 Å². The Bertz CT molecular complexity index is 437. The lowest BCUT2D eigenvalue weighted by Crippen LogP contribution is -2.58. The van der Waals surface area contributed by atoms with Gasteiger partial charge in [-0.05, 0) is 92.9 Å². The van der Waals surface area contributed by atoms with Gasteiger partial charge < -0.3 is 10.4 Å². The van der Waals surface area contributed by atoms with E-state index in [1.807, 2.05) is 7.05 Å². The van der Waals surface area contributed by atoms with Crippen LogP contribution in [0.3, 0.4) is 0 Å². The van der Waals surface area contributed by atoms with Gasteiger partial charge in [0.25, 0.3) is 0 Å². The van der Waals surface area contributed by atoms with Crippen LogP contribution in [0.2, 0.25) is 0 Å². The fourth-order valence-electron chi connectivity index (χ4n) is 7.59. The second kappa shape index (κ2) is 5.21. The molecule has 0 radical (unpaired) electrons. The standard InChI is InChI=1S/C20H35NO/c1-19-9-4-5-15(19)14-7-6-13-11-18(22)17(21-3)12-20(13,2)16(14)8-10-19/h13-18,21-22H,4-12H2,1-3H3/t13-,14-,15-,16-,17+,18+,19-,20-/m0/s1.